The molecule has 0 radical (unpaired) electrons. The molecule has 28 heavy (non-hydrogen) atoms. The molecule has 3 rings (SSSR count). The molecule has 1 aromatic carbocycles. The monoisotopic (exact) mass is 381 g/mol. The van der Waals surface area contributed by atoms with Gasteiger partial charge in [-0.1, -0.05) is 32.1 Å². The third-order valence-electron chi connectivity index (χ3n) is 5.14. The van der Waals surface area contributed by atoms with Crippen LogP contribution in [0.25, 0.3) is 0 Å². The van der Waals surface area contributed by atoms with Gasteiger partial charge in [0, 0.05) is 36.1 Å². The molecule has 0 aliphatic heterocycles. The Morgan fingerprint density at radius 3 is 2.50 bits per heavy atom. The topological polar surface area (TPSA) is 78.9 Å². The van der Waals surface area contributed by atoms with Crippen LogP contribution >= 0.6 is 0 Å². The van der Waals surface area contributed by atoms with Crippen molar-refractivity contribution >= 4 is 29.0 Å². The first-order valence-electron chi connectivity index (χ1n) is 10.4. The standard InChI is InChI=1S/C22H31N5O/c1-3-23-20-15-16(2)24-22(27-20)26-19-12-10-18(11-13-19)25-21(28)14-9-17-7-5-4-6-8-17/h10-13,15,17H,3-9,14H2,1-2H3,(H,25,28)(H2,23,24,26,27). The van der Waals surface area contributed by atoms with Crippen molar-refractivity contribution < 1.29 is 4.79 Å². The van der Waals surface area contributed by atoms with Gasteiger partial charge in [0.2, 0.25) is 11.9 Å². The first kappa shape index (κ1) is 20.1. The molecule has 1 heterocycles. The molecule has 6 nitrogen and oxygen atoms in total. The van der Waals surface area contributed by atoms with E-state index in [2.05, 4.69) is 25.9 Å². The quantitative estimate of drug-likeness (QED) is 0.581. The van der Waals surface area contributed by atoms with Crippen LogP contribution in [0.5, 0.6) is 0 Å². The van der Waals surface area contributed by atoms with Crippen molar-refractivity contribution in [1.29, 1.82) is 0 Å². The van der Waals surface area contributed by atoms with Gasteiger partial charge < -0.3 is 16.0 Å². The van der Waals surface area contributed by atoms with Crippen LogP contribution in [0.4, 0.5) is 23.1 Å². The van der Waals surface area contributed by atoms with Gasteiger partial charge in [-0.3, -0.25) is 4.79 Å². The summed E-state index contributed by atoms with van der Waals surface area (Å²) in [5.41, 5.74) is 2.60. The number of benzene rings is 1. The molecule has 0 saturated heterocycles. The summed E-state index contributed by atoms with van der Waals surface area (Å²) in [6.07, 6.45) is 8.17. The minimum Gasteiger partial charge on any atom is -0.370 e. The highest BCUT2D eigenvalue weighted by Gasteiger charge is 2.14. The molecular formula is C22H31N5O. The fourth-order valence-corrected chi connectivity index (χ4v) is 3.70. The van der Waals surface area contributed by atoms with Gasteiger partial charge >= 0.3 is 0 Å². The average molecular weight is 382 g/mol. The Kier molecular flexibility index (Phi) is 7.23. The second kappa shape index (κ2) is 10.1. The van der Waals surface area contributed by atoms with Crippen LogP contribution in [0.15, 0.2) is 30.3 Å². The zero-order valence-electron chi connectivity index (χ0n) is 16.9. The van der Waals surface area contributed by atoms with Crippen molar-refractivity contribution in [3.05, 3.63) is 36.0 Å². The third kappa shape index (κ3) is 6.22. The highest BCUT2D eigenvalue weighted by Crippen LogP contribution is 2.27. The minimum atomic E-state index is 0.101. The number of carbonyl (C=O) groups excluding carboxylic acids is 1. The molecular weight excluding hydrogens is 350 g/mol. The van der Waals surface area contributed by atoms with Crippen LogP contribution in [-0.4, -0.2) is 22.4 Å². The molecule has 0 unspecified atom stereocenters. The number of carbonyl (C=O) groups is 1. The van der Waals surface area contributed by atoms with Gasteiger partial charge in [0.1, 0.15) is 5.82 Å². The van der Waals surface area contributed by atoms with E-state index in [0.29, 0.717) is 12.4 Å². The molecule has 2 aromatic rings. The number of nitrogens with zero attached hydrogens (tertiary/aromatic N) is 2. The summed E-state index contributed by atoms with van der Waals surface area (Å²) in [5, 5.41) is 9.42. The van der Waals surface area contributed by atoms with Crippen LogP contribution in [0.1, 0.15) is 57.6 Å². The Hall–Kier alpha value is -2.63. The second-order valence-electron chi connectivity index (χ2n) is 7.54. The highest BCUT2D eigenvalue weighted by molar-refractivity contribution is 5.90. The van der Waals surface area contributed by atoms with Crippen molar-refractivity contribution in [2.75, 3.05) is 22.5 Å². The predicted octanol–water partition coefficient (Wildman–Crippen LogP) is 5.26. The van der Waals surface area contributed by atoms with Crippen molar-refractivity contribution in [1.82, 2.24) is 9.97 Å². The van der Waals surface area contributed by atoms with Crippen LogP contribution in [0.3, 0.4) is 0 Å². The fourth-order valence-electron chi connectivity index (χ4n) is 3.70. The summed E-state index contributed by atoms with van der Waals surface area (Å²) >= 11 is 0. The Morgan fingerprint density at radius 1 is 1.07 bits per heavy atom. The zero-order chi connectivity index (χ0) is 19.8. The Morgan fingerprint density at radius 2 is 1.79 bits per heavy atom. The first-order valence-corrected chi connectivity index (χ1v) is 10.4. The van der Waals surface area contributed by atoms with Gasteiger partial charge in [-0.25, -0.2) is 4.98 Å². The molecule has 1 saturated carbocycles. The number of anilines is 4. The smallest absolute Gasteiger partial charge is 0.229 e. The second-order valence-corrected chi connectivity index (χ2v) is 7.54. The van der Waals surface area contributed by atoms with Crippen molar-refractivity contribution in [3.63, 3.8) is 0 Å². The Balaban J connectivity index is 1.51. The Bertz CT molecular complexity index is 769. The fraction of sp³-hybridized carbons (Fsp3) is 0.500. The molecule has 1 aliphatic carbocycles. The molecule has 0 spiro atoms. The average Bonchev–Trinajstić information content (AvgIpc) is 2.69. The first-order chi connectivity index (χ1) is 13.6. The molecule has 1 aliphatic rings. The molecule has 150 valence electrons. The molecule has 0 bridgehead atoms. The Labute approximate surface area is 167 Å². The maximum absolute atomic E-state index is 12.2. The summed E-state index contributed by atoms with van der Waals surface area (Å²) in [7, 11) is 0. The van der Waals surface area contributed by atoms with E-state index in [-0.39, 0.29) is 5.91 Å². The lowest BCUT2D eigenvalue weighted by Crippen LogP contribution is -2.14. The zero-order valence-corrected chi connectivity index (χ0v) is 16.9. The predicted molar refractivity (Wildman–Crippen MR) is 115 cm³/mol. The van der Waals surface area contributed by atoms with Gasteiger partial charge in [-0.05, 0) is 50.5 Å². The number of nitrogens with one attached hydrogen (secondary N) is 3. The SMILES string of the molecule is CCNc1cc(C)nc(Nc2ccc(NC(=O)CCC3CCCCC3)cc2)n1. The number of aromatic nitrogens is 2. The van der Waals surface area contributed by atoms with Crippen molar-refractivity contribution in [2.24, 2.45) is 5.92 Å². The molecule has 0 atom stereocenters. The maximum Gasteiger partial charge on any atom is 0.229 e. The van der Waals surface area contributed by atoms with Gasteiger partial charge in [0.15, 0.2) is 0 Å². The summed E-state index contributed by atoms with van der Waals surface area (Å²) < 4.78 is 0. The third-order valence-corrected chi connectivity index (χ3v) is 5.14. The van der Waals surface area contributed by atoms with E-state index in [4.69, 9.17) is 0 Å². The van der Waals surface area contributed by atoms with Crippen LogP contribution in [-0.2, 0) is 4.79 Å². The van der Waals surface area contributed by atoms with E-state index in [9.17, 15) is 4.79 Å². The molecule has 6 heteroatoms. The summed E-state index contributed by atoms with van der Waals surface area (Å²) in [6, 6.07) is 9.58. The lowest BCUT2D eigenvalue weighted by molar-refractivity contribution is -0.116. The summed E-state index contributed by atoms with van der Waals surface area (Å²) in [5.74, 6) is 2.19. The molecule has 1 aromatic heterocycles. The molecule has 1 fully saturated rings. The summed E-state index contributed by atoms with van der Waals surface area (Å²) in [4.78, 5) is 21.1. The van der Waals surface area contributed by atoms with Gasteiger partial charge in [-0.2, -0.15) is 4.98 Å². The van der Waals surface area contributed by atoms with E-state index in [1.54, 1.807) is 0 Å². The van der Waals surface area contributed by atoms with Gasteiger partial charge in [-0.15, -0.1) is 0 Å². The van der Waals surface area contributed by atoms with Crippen LogP contribution < -0.4 is 16.0 Å². The van der Waals surface area contributed by atoms with E-state index in [1.165, 1.54) is 32.1 Å². The van der Waals surface area contributed by atoms with Crippen molar-refractivity contribution in [3.8, 4) is 0 Å². The number of amides is 1. The van der Waals surface area contributed by atoms with E-state index >= 15 is 0 Å². The largest absolute Gasteiger partial charge is 0.370 e. The van der Waals surface area contributed by atoms with E-state index in [1.807, 2.05) is 44.2 Å². The molecule has 3 N–H and O–H groups in total. The van der Waals surface area contributed by atoms with E-state index in [0.717, 1.165) is 41.8 Å². The number of rotatable bonds is 8. The van der Waals surface area contributed by atoms with E-state index < -0.39 is 0 Å². The van der Waals surface area contributed by atoms with Gasteiger partial charge in [0.25, 0.3) is 0 Å². The normalized spacial score (nSPS) is 14.5. The number of hydrogen-bond acceptors (Lipinski definition) is 5. The van der Waals surface area contributed by atoms with Crippen LogP contribution in [0.2, 0.25) is 0 Å². The number of hydrogen-bond donors (Lipinski definition) is 3. The number of aryl methyl sites for hydroxylation is 1. The lowest BCUT2D eigenvalue weighted by Gasteiger charge is -2.21. The van der Waals surface area contributed by atoms with Gasteiger partial charge in [0.05, 0.1) is 0 Å². The van der Waals surface area contributed by atoms with Crippen molar-refractivity contribution in [2.45, 2.75) is 58.8 Å². The highest BCUT2D eigenvalue weighted by atomic mass is 16.1. The lowest BCUT2D eigenvalue weighted by atomic mass is 9.86. The molecule has 1 amide bonds. The summed E-state index contributed by atoms with van der Waals surface area (Å²) in [6.45, 7) is 4.79. The minimum absolute atomic E-state index is 0.101. The maximum atomic E-state index is 12.2. The van der Waals surface area contributed by atoms with Crippen LogP contribution in [0, 0.1) is 12.8 Å².